The van der Waals surface area contributed by atoms with Crippen LogP contribution >= 0.6 is 0 Å². The Hall–Kier alpha value is -10.1. The molecule has 20 heteroatoms. The summed E-state index contributed by atoms with van der Waals surface area (Å²) >= 11 is 0. The smallest absolute Gasteiger partial charge is 0.410 e. The quantitative estimate of drug-likeness (QED) is 0.0317. The molecule has 0 bridgehead atoms. The summed E-state index contributed by atoms with van der Waals surface area (Å²) in [6, 6.07) is 57.4. The minimum absolute atomic E-state index is 0. The van der Waals surface area contributed by atoms with Gasteiger partial charge in [0, 0.05) is 86.6 Å². The molecule has 0 aliphatic heterocycles. The Bertz CT molecular complexity index is 2280. The minimum Gasteiger partial charge on any atom is -0.425 e. The molecular formula is C57H77N11O3Re3Rf3-6. The summed E-state index contributed by atoms with van der Waals surface area (Å²) in [5.41, 5.74) is 7.79. The van der Waals surface area contributed by atoms with Gasteiger partial charge in [0.15, 0.2) is 12.4 Å². The second-order valence-corrected chi connectivity index (χ2v) is 10.6. The molecule has 6 aromatic carbocycles. The van der Waals surface area contributed by atoms with Crippen LogP contribution in [0.3, 0.4) is 0 Å². The van der Waals surface area contributed by atoms with Crippen LogP contribution in [0.1, 0.15) is 48.5 Å². The topological polar surface area (TPSA) is 222 Å². The molecule has 6 aromatic rings. The number of benzene rings is 6. The number of nitrogens with two attached hydrogens (primary N) is 1. The number of nitrogens with zero attached hydrogens (tertiary/aromatic N) is 7. The minimum atomic E-state index is -0.102. The molecule has 0 spiro atoms. The molecular weight excluding hydrogens is 2250 g/mol. The van der Waals surface area contributed by atoms with Gasteiger partial charge < -0.3 is 69.8 Å². The third-order valence-corrected chi connectivity index (χ3v) is 6.38. The van der Waals surface area contributed by atoms with Crippen LogP contribution in [0.2, 0.25) is 0 Å². The molecule has 0 fully saturated rings. The Labute approximate surface area is 488 Å². The van der Waals surface area contributed by atoms with Gasteiger partial charge in [-0.25, -0.2) is 5.32 Å². The van der Waals surface area contributed by atoms with Crippen molar-refractivity contribution in [3.8, 4) is 41.9 Å². The van der Waals surface area contributed by atoms with Crippen molar-refractivity contribution in [1.82, 2.24) is 10.6 Å². The predicted octanol–water partition coefficient (Wildman–Crippen LogP) is 14.5. The molecule has 77 heavy (non-hydrogen) atoms. The van der Waals surface area contributed by atoms with Crippen molar-refractivity contribution in [3.63, 3.8) is 0 Å². The van der Waals surface area contributed by atoms with Gasteiger partial charge in [0.25, 0.3) is 0 Å². The third-order valence-electron chi connectivity index (χ3n) is 6.38. The van der Waals surface area contributed by atoms with Crippen LogP contribution in [-0.4, -0.2) is 25.1 Å². The fourth-order valence-electron chi connectivity index (χ4n) is 3.94. The van der Waals surface area contributed by atoms with Crippen LogP contribution in [0.4, 0.5) is 17.1 Å². The first-order valence-corrected chi connectivity index (χ1v) is 20.4. The average molecular weight is 2320 g/mol. The molecule has 0 aliphatic rings. The number of hydrogen-bond donors (Lipinski definition) is 4. The molecule has 411 valence electrons. The third kappa shape index (κ3) is 56.7. The largest absolute Gasteiger partial charge is 0.425 e. The SMILES string of the molecule is CC.CC.CC.CC#N.CN=C(NC#N)Nc1ccccc1.N#CN=C(Oc1ccccc1)Oc1ccccc1.N#CNC(=Nc1ccccc1)Oc1ccccc1.Nc1ccccc1.[CH3-].[CH3-].[CH3-].[CH3-].[CH3-].[CH3-].[Re].[Re].[Re].[Rf].[Rf].[Rf]. The number of para-hydroxylation sites is 6. The van der Waals surface area contributed by atoms with Gasteiger partial charge in [-0.3, -0.25) is 10.3 Å². The van der Waals surface area contributed by atoms with Crippen LogP contribution in [-0.2, 0) is 61.3 Å². The predicted molar refractivity (Wildman–Crippen MR) is 303 cm³/mol. The molecule has 0 aliphatic carbocycles. The molecule has 0 saturated heterocycles. The molecule has 0 amide bonds. The van der Waals surface area contributed by atoms with E-state index in [1.54, 1.807) is 68.1 Å². The van der Waals surface area contributed by atoms with Crippen LogP contribution in [0.15, 0.2) is 197 Å². The summed E-state index contributed by atoms with van der Waals surface area (Å²) in [6.07, 6.45) is 5.14. The Morgan fingerprint density at radius 3 is 1.05 bits per heavy atom. The van der Waals surface area contributed by atoms with Gasteiger partial charge in [-0.05, 0) is 72.8 Å². The molecule has 0 atom stereocenters. The van der Waals surface area contributed by atoms with Crippen molar-refractivity contribution in [3.05, 3.63) is 227 Å². The van der Waals surface area contributed by atoms with E-state index in [9.17, 15) is 0 Å². The number of ether oxygens (including phenoxy) is 3. The van der Waals surface area contributed by atoms with Gasteiger partial charge in [-0.15, -0.1) is 0 Å². The maximum Gasteiger partial charge on any atom is 0.410 e. The summed E-state index contributed by atoms with van der Waals surface area (Å²) in [7, 11) is 1.61. The number of rotatable bonds is 5. The first kappa shape index (κ1) is 104. The van der Waals surface area contributed by atoms with Crippen LogP contribution in [0.25, 0.3) is 0 Å². The van der Waals surface area contributed by atoms with E-state index < -0.39 is 0 Å². The van der Waals surface area contributed by atoms with E-state index in [0.29, 0.717) is 28.9 Å². The van der Waals surface area contributed by atoms with E-state index in [2.05, 4.69) is 30.9 Å². The van der Waals surface area contributed by atoms with Gasteiger partial charge in [-0.1, -0.05) is 156 Å². The van der Waals surface area contributed by atoms with E-state index in [0.717, 1.165) is 11.4 Å². The molecule has 0 unspecified atom stereocenters. The standard InChI is InChI=1S/C14H11N3O.C14H10N2O2.C9H10N4.C6H7N.C2H3N.3C2H6.6CH3.3Re.3Rf/c2*15-11-16-14(17-12-7-3-1-4-8-12)18-13-9-5-2-6-10-13;1-11-9(12-7-10)13-8-5-3-2-4-6-8;7-6-4-2-1-3-5-6;1-2-3;3*1-2;;;;;;;;;;;;/h1-10H,(H,16,17);1-10H;2-6H,1H3,(H2,11,12,13);1-5H,7H2;1H3;3*1-2H3;6*1H3;;;;;;/q;;;;;;;;6*-1;;;;;;. The van der Waals surface area contributed by atoms with E-state index >= 15 is 0 Å². The summed E-state index contributed by atoms with van der Waals surface area (Å²) < 4.78 is 16.2. The molecule has 0 aromatic heterocycles. The second-order valence-electron chi connectivity index (χ2n) is 10.6. The Balaban J connectivity index is -0.0000000532. The van der Waals surface area contributed by atoms with Gasteiger partial charge >= 0.3 is 12.1 Å². The number of nitriles is 4. The molecule has 0 saturated carbocycles. The van der Waals surface area contributed by atoms with Crippen molar-refractivity contribution in [1.29, 1.82) is 21.0 Å². The normalized spacial score (nSPS) is 7.43. The fraction of sp³-hybridized carbons (Fsp3) is 0.140. The van der Waals surface area contributed by atoms with E-state index in [1.807, 2.05) is 187 Å². The summed E-state index contributed by atoms with van der Waals surface area (Å²) in [5, 5.41) is 40.7. The van der Waals surface area contributed by atoms with Crippen LogP contribution < -0.4 is 35.9 Å². The summed E-state index contributed by atoms with van der Waals surface area (Å²) in [5.74, 6) is 2.17. The van der Waals surface area contributed by atoms with Crippen molar-refractivity contribution < 1.29 is 75.5 Å². The van der Waals surface area contributed by atoms with E-state index in [1.165, 1.54) is 6.92 Å². The van der Waals surface area contributed by atoms with Crippen molar-refractivity contribution in [2.24, 2.45) is 15.0 Å². The van der Waals surface area contributed by atoms with Crippen molar-refractivity contribution >= 4 is 35.1 Å². The maximum atomic E-state index is 8.67. The van der Waals surface area contributed by atoms with E-state index in [-0.39, 0.29) is 118 Å². The first-order valence-electron chi connectivity index (χ1n) is 20.4. The molecule has 5 N–H and O–H groups in total. The summed E-state index contributed by atoms with van der Waals surface area (Å²) in [6.45, 7) is 13.4. The van der Waals surface area contributed by atoms with E-state index in [4.69, 9.17) is 41.0 Å². The van der Waals surface area contributed by atoms with Crippen molar-refractivity contribution in [2.45, 2.75) is 48.5 Å². The van der Waals surface area contributed by atoms with Crippen LogP contribution in [0, 0.1) is 90.3 Å². The fourth-order valence-corrected chi connectivity index (χ4v) is 3.94. The molecule has 3 radical (unpaired) electrons. The number of amidine groups is 1. The molecule has 0 heterocycles. The Morgan fingerprint density at radius 2 is 0.766 bits per heavy atom. The number of hydrogen-bond acceptors (Lipinski definition) is 11. The summed E-state index contributed by atoms with van der Waals surface area (Å²) in [4.78, 5) is 11.5. The van der Waals surface area contributed by atoms with Gasteiger partial charge in [-0.2, -0.15) is 26.0 Å². The van der Waals surface area contributed by atoms with Gasteiger partial charge in [0.2, 0.25) is 12.2 Å². The number of aliphatic imine (C=N–C) groups is 3. The number of nitrogen functional groups attached to an aromatic ring is 1. The Kier molecular flexibility index (Phi) is 104. The molecule has 6 rings (SSSR count). The zero-order valence-electron chi connectivity index (χ0n) is 47.5. The maximum absolute atomic E-state index is 8.67. The zero-order chi connectivity index (χ0) is 48.6. The zero-order valence-corrected chi connectivity index (χ0v) is 74.9. The average Bonchev–Trinajstić information content (AvgIpc) is 3.36. The first-order chi connectivity index (χ1) is 31.9. The van der Waals surface area contributed by atoms with Gasteiger partial charge in [0.1, 0.15) is 17.2 Å². The van der Waals surface area contributed by atoms with Crippen molar-refractivity contribution in [2.75, 3.05) is 18.1 Å². The number of nitrogens with one attached hydrogen (secondary N) is 3. The Morgan fingerprint density at radius 1 is 0.468 bits per heavy atom. The second kappa shape index (κ2) is 77.3. The number of anilines is 2. The van der Waals surface area contributed by atoms with Gasteiger partial charge in [0.05, 0.1) is 11.8 Å². The number of guanidine groups is 1. The monoisotopic (exact) mass is 2330 g/mol. The molecule has 14 nitrogen and oxygen atoms in total. The van der Waals surface area contributed by atoms with Crippen LogP contribution in [0.5, 0.6) is 17.2 Å².